The first-order chi connectivity index (χ1) is 13.2. The third-order valence-electron chi connectivity index (χ3n) is 4.66. The Morgan fingerprint density at radius 2 is 2.07 bits per heavy atom. The lowest BCUT2D eigenvalue weighted by atomic mass is 9.96. The van der Waals surface area contributed by atoms with Crippen LogP contribution in [-0.4, -0.2) is 34.0 Å². The highest BCUT2D eigenvalue weighted by molar-refractivity contribution is 9.10. The van der Waals surface area contributed by atoms with E-state index in [1.54, 1.807) is 11.3 Å². The number of aromatic nitrogens is 2. The van der Waals surface area contributed by atoms with Gasteiger partial charge in [-0.15, -0.1) is 11.3 Å². The number of hydrogen-bond acceptors (Lipinski definition) is 6. The van der Waals surface area contributed by atoms with Crippen molar-refractivity contribution < 1.29 is 9.32 Å². The number of para-hydroxylation sites is 1. The van der Waals surface area contributed by atoms with Crippen LogP contribution in [0.5, 0.6) is 0 Å². The molecular weight excluding hydrogens is 428 g/mol. The van der Waals surface area contributed by atoms with Crippen molar-refractivity contribution in [3.8, 4) is 10.7 Å². The summed E-state index contributed by atoms with van der Waals surface area (Å²) in [7, 11) is 0. The molecule has 0 radical (unpaired) electrons. The van der Waals surface area contributed by atoms with Crippen molar-refractivity contribution in [3.05, 3.63) is 52.1 Å². The second-order valence-corrected chi connectivity index (χ2v) is 8.31. The molecule has 4 rings (SSSR count). The van der Waals surface area contributed by atoms with Crippen molar-refractivity contribution in [2.45, 2.75) is 19.4 Å². The summed E-state index contributed by atoms with van der Waals surface area (Å²) in [5.74, 6) is 1.37. The van der Waals surface area contributed by atoms with E-state index in [1.165, 1.54) is 0 Å². The number of amides is 1. The SMILES string of the molecule is O=C(Nc1ccccc1Br)C1CCN(Cc2nc(-c3cccs3)no2)CC1. The summed E-state index contributed by atoms with van der Waals surface area (Å²) in [5, 5.41) is 9.07. The summed E-state index contributed by atoms with van der Waals surface area (Å²) < 4.78 is 6.27. The minimum Gasteiger partial charge on any atom is -0.338 e. The minimum absolute atomic E-state index is 0.0257. The largest absolute Gasteiger partial charge is 0.338 e. The molecule has 1 fully saturated rings. The number of thiophene rings is 1. The minimum atomic E-state index is 0.0257. The van der Waals surface area contributed by atoms with Crippen LogP contribution in [0.4, 0.5) is 5.69 Å². The molecule has 2 aromatic heterocycles. The van der Waals surface area contributed by atoms with Gasteiger partial charge in [0.25, 0.3) is 0 Å². The Labute approximate surface area is 169 Å². The van der Waals surface area contributed by atoms with E-state index in [-0.39, 0.29) is 11.8 Å². The molecule has 8 heteroatoms. The molecule has 0 aliphatic carbocycles. The average Bonchev–Trinajstić information content (AvgIpc) is 3.36. The van der Waals surface area contributed by atoms with Gasteiger partial charge in [-0.25, -0.2) is 0 Å². The fourth-order valence-electron chi connectivity index (χ4n) is 3.17. The van der Waals surface area contributed by atoms with Gasteiger partial charge in [-0.05, 0) is 65.4 Å². The molecule has 140 valence electrons. The maximum atomic E-state index is 12.5. The maximum absolute atomic E-state index is 12.5. The van der Waals surface area contributed by atoms with E-state index in [2.05, 4.69) is 36.3 Å². The highest BCUT2D eigenvalue weighted by atomic mass is 79.9. The Morgan fingerprint density at radius 1 is 1.26 bits per heavy atom. The number of benzene rings is 1. The first kappa shape index (κ1) is 18.3. The zero-order chi connectivity index (χ0) is 18.6. The van der Waals surface area contributed by atoms with Crippen molar-refractivity contribution >= 4 is 38.9 Å². The van der Waals surface area contributed by atoms with Crippen LogP contribution >= 0.6 is 27.3 Å². The van der Waals surface area contributed by atoms with Crippen molar-refractivity contribution in [2.24, 2.45) is 5.92 Å². The van der Waals surface area contributed by atoms with Crippen molar-refractivity contribution in [3.63, 3.8) is 0 Å². The molecule has 3 heterocycles. The molecule has 0 spiro atoms. The second-order valence-electron chi connectivity index (χ2n) is 6.51. The molecule has 0 bridgehead atoms. The quantitative estimate of drug-likeness (QED) is 0.628. The van der Waals surface area contributed by atoms with Crippen LogP contribution in [0.15, 0.2) is 50.8 Å². The molecule has 3 aromatic rings. The van der Waals surface area contributed by atoms with Gasteiger partial charge < -0.3 is 9.84 Å². The zero-order valence-corrected chi connectivity index (χ0v) is 17.0. The fraction of sp³-hybridized carbons (Fsp3) is 0.316. The molecule has 0 saturated carbocycles. The van der Waals surface area contributed by atoms with Gasteiger partial charge >= 0.3 is 0 Å². The van der Waals surface area contributed by atoms with Crippen LogP contribution < -0.4 is 5.32 Å². The van der Waals surface area contributed by atoms with Gasteiger partial charge in [0.15, 0.2) is 0 Å². The lowest BCUT2D eigenvalue weighted by Crippen LogP contribution is -2.37. The molecule has 1 amide bonds. The van der Waals surface area contributed by atoms with Crippen LogP contribution in [0, 0.1) is 5.92 Å². The lowest BCUT2D eigenvalue weighted by Gasteiger charge is -2.30. The van der Waals surface area contributed by atoms with E-state index < -0.39 is 0 Å². The number of likely N-dealkylation sites (tertiary alicyclic amines) is 1. The standard InChI is InChI=1S/C19H19BrN4O2S/c20-14-4-1-2-5-15(14)21-19(25)13-7-9-24(10-8-13)12-17-22-18(23-26-17)16-6-3-11-27-16/h1-6,11,13H,7-10,12H2,(H,21,25). The third kappa shape index (κ3) is 4.45. The maximum Gasteiger partial charge on any atom is 0.241 e. The average molecular weight is 447 g/mol. The predicted octanol–water partition coefficient (Wildman–Crippen LogP) is 4.41. The highest BCUT2D eigenvalue weighted by Crippen LogP contribution is 2.25. The van der Waals surface area contributed by atoms with Crippen LogP contribution in [0.2, 0.25) is 0 Å². The molecule has 1 aromatic carbocycles. The second kappa shape index (κ2) is 8.33. The van der Waals surface area contributed by atoms with E-state index in [0.717, 1.165) is 41.0 Å². The van der Waals surface area contributed by atoms with Crippen LogP contribution in [0.25, 0.3) is 10.7 Å². The highest BCUT2D eigenvalue weighted by Gasteiger charge is 2.26. The lowest BCUT2D eigenvalue weighted by molar-refractivity contribution is -0.121. The van der Waals surface area contributed by atoms with E-state index in [4.69, 9.17) is 4.52 Å². The number of nitrogens with zero attached hydrogens (tertiary/aromatic N) is 3. The topological polar surface area (TPSA) is 71.3 Å². The van der Waals surface area contributed by atoms with Crippen molar-refractivity contribution in [1.29, 1.82) is 0 Å². The van der Waals surface area contributed by atoms with Crippen molar-refractivity contribution in [1.82, 2.24) is 15.0 Å². The number of piperidine rings is 1. The number of halogens is 1. The molecule has 27 heavy (non-hydrogen) atoms. The number of carbonyl (C=O) groups is 1. The first-order valence-corrected chi connectivity index (χ1v) is 10.5. The Morgan fingerprint density at radius 3 is 2.81 bits per heavy atom. The Bertz CT molecular complexity index is 904. The predicted molar refractivity (Wildman–Crippen MR) is 108 cm³/mol. The molecule has 0 atom stereocenters. The van der Waals surface area contributed by atoms with Crippen LogP contribution in [0.1, 0.15) is 18.7 Å². The number of carbonyl (C=O) groups excluding carboxylic acids is 1. The van der Waals surface area contributed by atoms with Gasteiger partial charge in [-0.3, -0.25) is 9.69 Å². The van der Waals surface area contributed by atoms with Crippen LogP contribution in [0.3, 0.4) is 0 Å². The number of hydrogen-bond donors (Lipinski definition) is 1. The molecule has 0 unspecified atom stereocenters. The number of nitrogens with one attached hydrogen (secondary N) is 1. The van der Waals surface area contributed by atoms with Crippen molar-refractivity contribution in [2.75, 3.05) is 18.4 Å². The molecule has 1 aliphatic heterocycles. The molecule has 1 saturated heterocycles. The van der Waals surface area contributed by atoms with Gasteiger partial charge in [0.05, 0.1) is 17.1 Å². The number of anilines is 1. The molecule has 1 N–H and O–H groups in total. The third-order valence-corrected chi connectivity index (χ3v) is 6.22. The summed E-state index contributed by atoms with van der Waals surface area (Å²) >= 11 is 5.06. The summed E-state index contributed by atoms with van der Waals surface area (Å²) in [6.45, 7) is 2.30. The summed E-state index contributed by atoms with van der Waals surface area (Å²) in [4.78, 5) is 20.3. The first-order valence-electron chi connectivity index (χ1n) is 8.83. The Hall–Kier alpha value is -2.03. The Balaban J connectivity index is 1.29. The monoisotopic (exact) mass is 446 g/mol. The van der Waals surface area contributed by atoms with Gasteiger partial charge in [0, 0.05) is 10.4 Å². The summed E-state index contributed by atoms with van der Waals surface area (Å²) in [6.07, 6.45) is 1.64. The molecule has 1 aliphatic rings. The summed E-state index contributed by atoms with van der Waals surface area (Å²) in [6, 6.07) is 11.6. The van der Waals surface area contributed by atoms with Gasteiger partial charge in [-0.1, -0.05) is 23.4 Å². The Kier molecular flexibility index (Phi) is 5.66. The van der Waals surface area contributed by atoms with Gasteiger partial charge in [0.2, 0.25) is 17.6 Å². The normalized spacial score (nSPS) is 15.7. The van der Waals surface area contributed by atoms with Gasteiger partial charge in [0.1, 0.15) is 0 Å². The number of rotatable bonds is 5. The van der Waals surface area contributed by atoms with Gasteiger partial charge in [-0.2, -0.15) is 4.98 Å². The molecular formula is C19H19BrN4O2S. The summed E-state index contributed by atoms with van der Waals surface area (Å²) in [5.41, 5.74) is 0.817. The molecule has 6 nitrogen and oxygen atoms in total. The fourth-order valence-corrected chi connectivity index (χ4v) is 4.20. The van der Waals surface area contributed by atoms with E-state index in [1.807, 2.05) is 41.8 Å². The van der Waals surface area contributed by atoms with E-state index in [0.29, 0.717) is 18.3 Å². The van der Waals surface area contributed by atoms with E-state index in [9.17, 15) is 4.79 Å². The van der Waals surface area contributed by atoms with Crippen LogP contribution in [-0.2, 0) is 11.3 Å². The zero-order valence-electron chi connectivity index (χ0n) is 14.6. The smallest absolute Gasteiger partial charge is 0.241 e. The van der Waals surface area contributed by atoms with E-state index >= 15 is 0 Å².